The monoisotopic (exact) mass is 239 g/mol. The van der Waals surface area contributed by atoms with Crippen LogP contribution in [0.25, 0.3) is 0 Å². The van der Waals surface area contributed by atoms with Crippen LogP contribution < -0.4 is 9.47 Å². The van der Waals surface area contributed by atoms with Gasteiger partial charge in [0.1, 0.15) is 0 Å². The molecule has 0 saturated heterocycles. The van der Waals surface area contributed by atoms with Crippen LogP contribution in [-0.4, -0.2) is 12.7 Å². The molecule has 0 aromatic heterocycles. The van der Waals surface area contributed by atoms with Gasteiger partial charge in [-0.15, -0.1) is 0 Å². The molecule has 0 saturated carbocycles. The largest absolute Gasteiger partial charge is 0.490 e. The van der Waals surface area contributed by atoms with Crippen LogP contribution in [0, 0.1) is 11.3 Å². The number of halogens is 1. The molecule has 0 unspecified atom stereocenters. The molecule has 0 aliphatic rings. The summed E-state index contributed by atoms with van der Waals surface area (Å²) >= 11 is 6.04. The Morgan fingerprint density at radius 2 is 2.12 bits per heavy atom. The summed E-state index contributed by atoms with van der Waals surface area (Å²) in [6.45, 7) is 6.18. The summed E-state index contributed by atoms with van der Waals surface area (Å²) < 4.78 is 11.0. The number of hydrogen-bond acceptors (Lipinski definition) is 3. The predicted molar refractivity (Wildman–Crippen MR) is 63.1 cm³/mol. The van der Waals surface area contributed by atoms with Gasteiger partial charge in [0.25, 0.3) is 0 Å². The van der Waals surface area contributed by atoms with E-state index in [1.165, 1.54) is 0 Å². The fourth-order valence-corrected chi connectivity index (χ4v) is 1.50. The van der Waals surface area contributed by atoms with E-state index in [9.17, 15) is 0 Å². The van der Waals surface area contributed by atoms with Crippen molar-refractivity contribution in [2.75, 3.05) is 6.61 Å². The van der Waals surface area contributed by atoms with Gasteiger partial charge in [0, 0.05) is 6.07 Å². The van der Waals surface area contributed by atoms with Gasteiger partial charge in [0.2, 0.25) is 0 Å². The zero-order chi connectivity index (χ0) is 12.1. The van der Waals surface area contributed by atoms with Crippen molar-refractivity contribution in [2.45, 2.75) is 26.9 Å². The van der Waals surface area contributed by atoms with E-state index in [-0.39, 0.29) is 6.10 Å². The maximum Gasteiger partial charge on any atom is 0.180 e. The molecule has 1 rings (SSSR count). The molecule has 0 aliphatic heterocycles. The predicted octanol–water partition coefficient (Wildman–Crippen LogP) is 3.40. The molecule has 3 nitrogen and oxygen atoms in total. The number of nitrogens with zero attached hydrogens (tertiary/aromatic N) is 1. The van der Waals surface area contributed by atoms with Crippen molar-refractivity contribution >= 4 is 11.6 Å². The van der Waals surface area contributed by atoms with Crippen molar-refractivity contribution in [3.05, 3.63) is 22.7 Å². The highest BCUT2D eigenvalue weighted by Crippen LogP contribution is 2.37. The van der Waals surface area contributed by atoms with Crippen LogP contribution >= 0.6 is 11.6 Å². The zero-order valence-corrected chi connectivity index (χ0v) is 10.3. The number of benzene rings is 1. The Morgan fingerprint density at radius 3 is 2.62 bits per heavy atom. The van der Waals surface area contributed by atoms with Gasteiger partial charge < -0.3 is 9.47 Å². The van der Waals surface area contributed by atoms with E-state index >= 15 is 0 Å². The molecule has 0 heterocycles. The van der Waals surface area contributed by atoms with E-state index in [1.807, 2.05) is 26.8 Å². The molecule has 0 amide bonds. The highest BCUT2D eigenvalue weighted by atomic mass is 35.5. The summed E-state index contributed by atoms with van der Waals surface area (Å²) in [5.41, 5.74) is 0.463. The van der Waals surface area contributed by atoms with Crippen molar-refractivity contribution in [1.29, 1.82) is 5.26 Å². The third kappa shape index (κ3) is 3.04. The van der Waals surface area contributed by atoms with Crippen LogP contribution in [-0.2, 0) is 0 Å². The first-order valence-corrected chi connectivity index (χ1v) is 5.49. The maximum absolute atomic E-state index is 8.82. The summed E-state index contributed by atoms with van der Waals surface area (Å²) in [5.74, 6) is 1.01. The molecule has 0 atom stereocenters. The highest BCUT2D eigenvalue weighted by molar-refractivity contribution is 6.32. The lowest BCUT2D eigenvalue weighted by atomic mass is 10.2. The van der Waals surface area contributed by atoms with E-state index in [0.29, 0.717) is 28.7 Å². The Morgan fingerprint density at radius 1 is 1.44 bits per heavy atom. The number of ether oxygens (including phenoxy) is 2. The molecule has 16 heavy (non-hydrogen) atoms. The minimum Gasteiger partial charge on any atom is -0.490 e. The van der Waals surface area contributed by atoms with Crippen LogP contribution in [0.15, 0.2) is 12.1 Å². The average molecular weight is 240 g/mol. The maximum atomic E-state index is 8.82. The van der Waals surface area contributed by atoms with Gasteiger partial charge in [0.15, 0.2) is 11.5 Å². The average Bonchev–Trinajstić information content (AvgIpc) is 2.22. The van der Waals surface area contributed by atoms with E-state index in [0.717, 1.165) is 0 Å². The molecule has 0 N–H and O–H groups in total. The Bertz CT molecular complexity index is 410. The quantitative estimate of drug-likeness (QED) is 0.809. The van der Waals surface area contributed by atoms with E-state index in [4.69, 9.17) is 26.3 Å². The van der Waals surface area contributed by atoms with Crippen LogP contribution in [0.5, 0.6) is 11.5 Å². The Hall–Kier alpha value is -1.40. The minimum absolute atomic E-state index is 0.00430. The molecule has 4 heteroatoms. The van der Waals surface area contributed by atoms with Gasteiger partial charge in [0.05, 0.1) is 29.4 Å². The van der Waals surface area contributed by atoms with E-state index in [1.54, 1.807) is 12.1 Å². The third-order valence-corrected chi connectivity index (χ3v) is 2.07. The van der Waals surface area contributed by atoms with Gasteiger partial charge in [-0.2, -0.15) is 5.26 Å². The smallest absolute Gasteiger partial charge is 0.180 e. The Labute approximate surface area is 101 Å². The summed E-state index contributed by atoms with van der Waals surface area (Å²) in [7, 11) is 0. The number of hydrogen-bond donors (Lipinski definition) is 0. The summed E-state index contributed by atoms with van der Waals surface area (Å²) in [6.07, 6.45) is 0.00430. The standard InChI is InChI=1S/C12H14ClNO2/c1-4-15-11-6-9(7-14)5-10(13)12(11)16-8(2)3/h5-6,8H,4H2,1-3H3. The molecular weight excluding hydrogens is 226 g/mol. The first-order valence-electron chi connectivity index (χ1n) is 5.11. The molecule has 0 bridgehead atoms. The Kier molecular flexibility index (Phi) is 4.45. The number of rotatable bonds is 4. The van der Waals surface area contributed by atoms with Gasteiger partial charge >= 0.3 is 0 Å². The second kappa shape index (κ2) is 5.62. The first kappa shape index (κ1) is 12.7. The van der Waals surface area contributed by atoms with Crippen molar-refractivity contribution < 1.29 is 9.47 Å². The minimum atomic E-state index is 0.00430. The third-order valence-electron chi connectivity index (χ3n) is 1.79. The van der Waals surface area contributed by atoms with Gasteiger partial charge in [-0.1, -0.05) is 11.6 Å². The van der Waals surface area contributed by atoms with Crippen LogP contribution in [0.1, 0.15) is 26.3 Å². The first-order chi connectivity index (χ1) is 7.58. The lowest BCUT2D eigenvalue weighted by Gasteiger charge is -2.16. The SMILES string of the molecule is CCOc1cc(C#N)cc(Cl)c1OC(C)C. The molecule has 0 fully saturated rings. The van der Waals surface area contributed by atoms with Crippen molar-refractivity contribution in [1.82, 2.24) is 0 Å². The van der Waals surface area contributed by atoms with Gasteiger partial charge in [-0.3, -0.25) is 0 Å². The molecule has 86 valence electrons. The van der Waals surface area contributed by atoms with Crippen LogP contribution in [0.4, 0.5) is 0 Å². The molecule has 0 aliphatic carbocycles. The molecule has 0 radical (unpaired) electrons. The van der Waals surface area contributed by atoms with Crippen LogP contribution in [0.3, 0.4) is 0 Å². The molecular formula is C12H14ClNO2. The van der Waals surface area contributed by atoms with E-state index in [2.05, 4.69) is 0 Å². The zero-order valence-electron chi connectivity index (χ0n) is 9.58. The lowest BCUT2D eigenvalue weighted by molar-refractivity contribution is 0.224. The fourth-order valence-electron chi connectivity index (χ4n) is 1.25. The summed E-state index contributed by atoms with van der Waals surface area (Å²) in [4.78, 5) is 0. The molecule has 1 aromatic rings. The highest BCUT2D eigenvalue weighted by Gasteiger charge is 2.13. The molecule has 0 spiro atoms. The summed E-state index contributed by atoms with van der Waals surface area (Å²) in [6, 6.07) is 5.23. The number of nitriles is 1. The fraction of sp³-hybridized carbons (Fsp3) is 0.417. The normalized spacial score (nSPS) is 10.0. The second-order valence-corrected chi connectivity index (χ2v) is 3.90. The van der Waals surface area contributed by atoms with Crippen molar-refractivity contribution in [3.63, 3.8) is 0 Å². The van der Waals surface area contributed by atoms with Gasteiger partial charge in [-0.05, 0) is 26.8 Å². The van der Waals surface area contributed by atoms with Gasteiger partial charge in [-0.25, -0.2) is 0 Å². The summed E-state index contributed by atoms with van der Waals surface area (Å²) in [5, 5.41) is 9.22. The molecule has 1 aromatic carbocycles. The second-order valence-electron chi connectivity index (χ2n) is 3.50. The van der Waals surface area contributed by atoms with Crippen molar-refractivity contribution in [2.24, 2.45) is 0 Å². The van der Waals surface area contributed by atoms with Crippen molar-refractivity contribution in [3.8, 4) is 17.6 Å². The topological polar surface area (TPSA) is 42.2 Å². The Balaban J connectivity index is 3.18. The van der Waals surface area contributed by atoms with E-state index < -0.39 is 0 Å². The van der Waals surface area contributed by atoms with Crippen LogP contribution in [0.2, 0.25) is 5.02 Å². The lowest BCUT2D eigenvalue weighted by Crippen LogP contribution is -2.08.